The van der Waals surface area contributed by atoms with E-state index in [9.17, 15) is 18.0 Å². The molecule has 0 bridgehead atoms. The molecular weight excluding hydrogens is 370 g/mol. The van der Waals surface area contributed by atoms with Crippen LogP contribution in [0.1, 0.15) is 19.8 Å². The van der Waals surface area contributed by atoms with Crippen LogP contribution < -0.4 is 5.32 Å². The normalized spacial score (nSPS) is 17.3. The molecule has 8 nitrogen and oxygen atoms in total. The van der Waals surface area contributed by atoms with E-state index in [0.29, 0.717) is 37.4 Å². The van der Waals surface area contributed by atoms with Crippen LogP contribution in [0.15, 0.2) is 35.2 Å². The molecule has 150 valence electrons. The molecule has 1 aliphatic heterocycles. The molecule has 1 aromatic rings. The van der Waals surface area contributed by atoms with Gasteiger partial charge in [-0.05, 0) is 30.9 Å². The lowest BCUT2D eigenvalue weighted by atomic mass is 9.98. The molecule has 0 aromatic heterocycles. The Bertz CT molecular complexity index is 746. The van der Waals surface area contributed by atoms with Crippen LogP contribution in [0.4, 0.5) is 4.79 Å². The first kappa shape index (κ1) is 21.2. The van der Waals surface area contributed by atoms with Crippen molar-refractivity contribution in [3.8, 4) is 0 Å². The second-order valence-corrected chi connectivity index (χ2v) is 8.90. The second-order valence-electron chi connectivity index (χ2n) is 6.97. The number of piperidine rings is 1. The summed E-state index contributed by atoms with van der Waals surface area (Å²) in [5.41, 5.74) is 0. The van der Waals surface area contributed by atoms with E-state index in [-0.39, 0.29) is 18.5 Å². The predicted molar refractivity (Wildman–Crippen MR) is 101 cm³/mol. The number of carbonyl (C=O) groups excluding carboxylic acids is 1. The SMILES string of the molecule is CC(CN(C)C(=O)NCC1CCN(S(=O)(=O)c2ccccc2)CC1)C(=O)O. The first-order valence-electron chi connectivity index (χ1n) is 8.98. The van der Waals surface area contributed by atoms with Crippen LogP contribution in [-0.4, -0.2) is 68.0 Å². The van der Waals surface area contributed by atoms with E-state index in [1.807, 2.05) is 0 Å². The molecule has 0 saturated carbocycles. The fourth-order valence-corrected chi connectivity index (χ4v) is 4.52. The summed E-state index contributed by atoms with van der Waals surface area (Å²) in [6.07, 6.45) is 1.34. The van der Waals surface area contributed by atoms with E-state index in [4.69, 9.17) is 5.11 Å². The monoisotopic (exact) mass is 397 g/mol. The van der Waals surface area contributed by atoms with Crippen molar-refractivity contribution in [3.05, 3.63) is 30.3 Å². The maximum atomic E-state index is 12.6. The van der Waals surface area contributed by atoms with Gasteiger partial charge in [0.25, 0.3) is 0 Å². The number of benzene rings is 1. The summed E-state index contributed by atoms with van der Waals surface area (Å²) in [6, 6.07) is 8.06. The summed E-state index contributed by atoms with van der Waals surface area (Å²) in [4.78, 5) is 24.6. The number of urea groups is 1. The van der Waals surface area contributed by atoms with Gasteiger partial charge in [0.15, 0.2) is 0 Å². The molecule has 2 N–H and O–H groups in total. The summed E-state index contributed by atoms with van der Waals surface area (Å²) in [5.74, 6) is -1.38. The average Bonchev–Trinajstić information content (AvgIpc) is 2.66. The van der Waals surface area contributed by atoms with Crippen molar-refractivity contribution >= 4 is 22.0 Å². The highest BCUT2D eigenvalue weighted by Crippen LogP contribution is 2.23. The van der Waals surface area contributed by atoms with Crippen LogP contribution in [-0.2, 0) is 14.8 Å². The Hall–Kier alpha value is -2.13. The number of carboxylic acids is 1. The summed E-state index contributed by atoms with van der Waals surface area (Å²) >= 11 is 0. The van der Waals surface area contributed by atoms with Gasteiger partial charge in [0.05, 0.1) is 10.8 Å². The number of sulfonamides is 1. The Balaban J connectivity index is 1.79. The van der Waals surface area contributed by atoms with Gasteiger partial charge >= 0.3 is 12.0 Å². The molecule has 27 heavy (non-hydrogen) atoms. The zero-order valence-corrected chi connectivity index (χ0v) is 16.5. The minimum atomic E-state index is -3.47. The first-order valence-corrected chi connectivity index (χ1v) is 10.4. The molecule has 0 radical (unpaired) electrons. The van der Waals surface area contributed by atoms with Crippen molar-refractivity contribution in [2.75, 3.05) is 33.2 Å². The largest absolute Gasteiger partial charge is 0.481 e. The van der Waals surface area contributed by atoms with E-state index in [1.165, 1.54) is 9.21 Å². The number of nitrogens with zero attached hydrogens (tertiary/aromatic N) is 2. The average molecular weight is 397 g/mol. The van der Waals surface area contributed by atoms with Gasteiger partial charge in [0.2, 0.25) is 10.0 Å². The van der Waals surface area contributed by atoms with Crippen LogP contribution in [0.2, 0.25) is 0 Å². The topological polar surface area (TPSA) is 107 Å². The summed E-state index contributed by atoms with van der Waals surface area (Å²) < 4.78 is 26.7. The maximum Gasteiger partial charge on any atom is 0.317 e. The van der Waals surface area contributed by atoms with Crippen LogP contribution in [0.3, 0.4) is 0 Å². The number of hydrogen-bond acceptors (Lipinski definition) is 4. The smallest absolute Gasteiger partial charge is 0.317 e. The number of hydrogen-bond donors (Lipinski definition) is 2. The Kier molecular flexibility index (Phi) is 7.20. The molecule has 1 aliphatic rings. The van der Waals surface area contributed by atoms with Crippen molar-refractivity contribution in [2.24, 2.45) is 11.8 Å². The van der Waals surface area contributed by atoms with E-state index in [2.05, 4.69) is 5.32 Å². The summed E-state index contributed by atoms with van der Waals surface area (Å²) in [5, 5.41) is 11.7. The number of carbonyl (C=O) groups is 2. The van der Waals surface area contributed by atoms with Crippen molar-refractivity contribution in [1.82, 2.24) is 14.5 Å². The molecular formula is C18H27N3O5S. The van der Waals surface area contributed by atoms with Gasteiger partial charge in [-0.3, -0.25) is 4.79 Å². The van der Waals surface area contributed by atoms with Crippen LogP contribution in [0.5, 0.6) is 0 Å². The minimum Gasteiger partial charge on any atom is -0.481 e. The lowest BCUT2D eigenvalue weighted by molar-refractivity contribution is -0.141. The Morgan fingerprint density at radius 1 is 1.26 bits per heavy atom. The third-order valence-corrected chi connectivity index (χ3v) is 6.73. The van der Waals surface area contributed by atoms with Crippen molar-refractivity contribution < 1.29 is 23.1 Å². The number of amides is 2. The van der Waals surface area contributed by atoms with Gasteiger partial charge in [-0.2, -0.15) is 4.31 Å². The van der Waals surface area contributed by atoms with Crippen molar-refractivity contribution in [2.45, 2.75) is 24.7 Å². The zero-order valence-electron chi connectivity index (χ0n) is 15.7. The minimum absolute atomic E-state index is 0.134. The highest BCUT2D eigenvalue weighted by Gasteiger charge is 2.29. The van der Waals surface area contributed by atoms with Gasteiger partial charge in [0, 0.05) is 33.2 Å². The predicted octanol–water partition coefficient (Wildman–Crippen LogP) is 1.45. The summed E-state index contributed by atoms with van der Waals surface area (Å²) in [6.45, 7) is 2.97. The number of nitrogens with one attached hydrogen (secondary N) is 1. The quantitative estimate of drug-likeness (QED) is 0.724. The molecule has 1 aromatic carbocycles. The molecule has 2 rings (SSSR count). The highest BCUT2D eigenvalue weighted by molar-refractivity contribution is 7.89. The lowest BCUT2D eigenvalue weighted by Crippen LogP contribution is -2.45. The molecule has 9 heteroatoms. The van der Waals surface area contributed by atoms with Crippen LogP contribution >= 0.6 is 0 Å². The number of carboxylic acid groups (broad SMARTS) is 1. The van der Waals surface area contributed by atoms with E-state index >= 15 is 0 Å². The number of rotatable bonds is 7. The molecule has 2 amide bonds. The second kappa shape index (κ2) is 9.18. The third-order valence-electron chi connectivity index (χ3n) is 4.81. The van der Waals surface area contributed by atoms with Crippen molar-refractivity contribution in [1.29, 1.82) is 0 Å². The Morgan fingerprint density at radius 3 is 2.41 bits per heavy atom. The maximum absolute atomic E-state index is 12.6. The fraction of sp³-hybridized carbons (Fsp3) is 0.556. The Morgan fingerprint density at radius 2 is 1.85 bits per heavy atom. The highest BCUT2D eigenvalue weighted by atomic mass is 32.2. The van der Waals surface area contributed by atoms with E-state index in [1.54, 1.807) is 44.3 Å². The van der Waals surface area contributed by atoms with Crippen LogP contribution in [0.25, 0.3) is 0 Å². The van der Waals surface area contributed by atoms with E-state index < -0.39 is 21.9 Å². The Labute approximate surface area is 160 Å². The molecule has 1 heterocycles. The van der Waals surface area contributed by atoms with E-state index in [0.717, 1.165) is 0 Å². The van der Waals surface area contributed by atoms with Gasteiger partial charge in [-0.25, -0.2) is 13.2 Å². The van der Waals surface area contributed by atoms with Gasteiger partial charge in [-0.15, -0.1) is 0 Å². The number of aliphatic carboxylic acids is 1. The summed E-state index contributed by atoms with van der Waals surface area (Å²) in [7, 11) is -1.91. The van der Waals surface area contributed by atoms with Gasteiger partial charge < -0.3 is 15.3 Å². The zero-order chi connectivity index (χ0) is 20.0. The molecule has 1 atom stereocenters. The lowest BCUT2D eigenvalue weighted by Gasteiger charge is -2.31. The third kappa shape index (κ3) is 5.67. The molecule has 1 unspecified atom stereocenters. The molecule has 1 saturated heterocycles. The molecule has 0 spiro atoms. The van der Waals surface area contributed by atoms with Gasteiger partial charge in [0.1, 0.15) is 0 Å². The first-order chi connectivity index (χ1) is 12.7. The van der Waals surface area contributed by atoms with Crippen molar-refractivity contribution in [3.63, 3.8) is 0 Å². The fourth-order valence-electron chi connectivity index (χ4n) is 3.03. The van der Waals surface area contributed by atoms with Crippen LogP contribution in [0, 0.1) is 11.8 Å². The standard InChI is InChI=1S/C18H27N3O5S/c1-14(17(22)23)13-20(2)18(24)19-12-15-8-10-21(11-9-15)27(25,26)16-6-4-3-5-7-16/h3-7,14-15H,8-13H2,1-2H3,(H,19,24)(H,22,23). The molecule has 1 fully saturated rings. The van der Waals surface area contributed by atoms with Gasteiger partial charge in [-0.1, -0.05) is 25.1 Å². The molecule has 0 aliphatic carbocycles.